The number of aromatic hydroxyl groups is 1. The molecule has 0 atom stereocenters. The predicted octanol–water partition coefficient (Wildman–Crippen LogP) is 2.97. The number of phenolic OH excluding ortho intramolecular Hbond substituents is 1. The Balaban J connectivity index is 3.12. The average molecular weight is 217 g/mol. The summed E-state index contributed by atoms with van der Waals surface area (Å²) in [5.74, 6) is 0.856. The molecule has 0 unspecified atom stereocenters. The summed E-state index contributed by atoms with van der Waals surface area (Å²) in [6, 6.07) is 2.99. The van der Waals surface area contributed by atoms with Gasteiger partial charge in [-0.1, -0.05) is 18.5 Å². The van der Waals surface area contributed by atoms with Gasteiger partial charge in [-0.2, -0.15) is 0 Å². The quantitative estimate of drug-likeness (QED) is 0.624. The number of carbonyl (C=O) groups is 1. The summed E-state index contributed by atoms with van der Waals surface area (Å²) in [6.45, 7) is 1.99. The van der Waals surface area contributed by atoms with Crippen molar-refractivity contribution in [3.8, 4) is 5.75 Å². The molecule has 0 aliphatic rings. The summed E-state index contributed by atoms with van der Waals surface area (Å²) in [5.41, 5.74) is 0.227. The molecule has 13 heavy (non-hydrogen) atoms. The number of hydrogen-bond donors (Lipinski definition) is 1. The van der Waals surface area contributed by atoms with E-state index in [1.54, 1.807) is 0 Å². The third kappa shape index (κ3) is 2.39. The van der Waals surface area contributed by atoms with Gasteiger partial charge in [-0.25, -0.2) is 0 Å². The average Bonchev–Trinajstić information content (AvgIpc) is 2.11. The van der Waals surface area contributed by atoms with Crippen molar-refractivity contribution in [1.29, 1.82) is 0 Å². The molecule has 4 heteroatoms. The molecule has 0 aliphatic heterocycles. The maximum atomic E-state index is 10.4. The normalized spacial score (nSPS) is 10.0. The van der Waals surface area contributed by atoms with Crippen molar-refractivity contribution in [3.05, 3.63) is 22.7 Å². The van der Waals surface area contributed by atoms with Crippen LogP contribution in [-0.4, -0.2) is 17.1 Å². The Bertz CT molecular complexity index is 326. The van der Waals surface area contributed by atoms with Crippen molar-refractivity contribution in [1.82, 2.24) is 0 Å². The fraction of sp³-hybridized carbons (Fsp3) is 0.222. The molecule has 0 fully saturated rings. The SMILES string of the molecule is CCSc1cc(O)c(C=O)cc1Cl. The molecule has 0 bridgehead atoms. The number of rotatable bonds is 3. The summed E-state index contributed by atoms with van der Waals surface area (Å²) in [5, 5.41) is 9.85. The highest BCUT2D eigenvalue weighted by Crippen LogP contribution is 2.32. The number of halogens is 1. The minimum atomic E-state index is -0.0182. The van der Waals surface area contributed by atoms with Gasteiger partial charge < -0.3 is 5.11 Å². The molecular formula is C9H9ClO2S. The first kappa shape index (κ1) is 10.4. The number of phenols is 1. The zero-order valence-corrected chi connectivity index (χ0v) is 8.65. The standard InChI is InChI=1S/C9H9ClO2S/c1-2-13-9-4-8(12)6(5-11)3-7(9)10/h3-5,12H,2H2,1H3. The third-order valence-electron chi connectivity index (χ3n) is 1.51. The highest BCUT2D eigenvalue weighted by Gasteiger charge is 2.06. The highest BCUT2D eigenvalue weighted by molar-refractivity contribution is 7.99. The Morgan fingerprint density at radius 2 is 2.31 bits per heavy atom. The largest absolute Gasteiger partial charge is 0.507 e. The fourth-order valence-electron chi connectivity index (χ4n) is 0.919. The van der Waals surface area contributed by atoms with Gasteiger partial charge in [0.15, 0.2) is 6.29 Å². The molecule has 0 saturated heterocycles. The van der Waals surface area contributed by atoms with Crippen LogP contribution in [0.2, 0.25) is 5.02 Å². The molecule has 0 aromatic heterocycles. The molecular weight excluding hydrogens is 208 g/mol. The van der Waals surface area contributed by atoms with Gasteiger partial charge in [0.05, 0.1) is 10.6 Å². The number of hydrogen-bond acceptors (Lipinski definition) is 3. The maximum absolute atomic E-state index is 10.4. The van der Waals surface area contributed by atoms with Crippen molar-refractivity contribution in [2.75, 3.05) is 5.75 Å². The topological polar surface area (TPSA) is 37.3 Å². The highest BCUT2D eigenvalue weighted by atomic mass is 35.5. The molecule has 2 nitrogen and oxygen atoms in total. The first-order chi connectivity index (χ1) is 6.19. The van der Waals surface area contributed by atoms with Gasteiger partial charge in [0.2, 0.25) is 0 Å². The molecule has 1 aromatic carbocycles. The van der Waals surface area contributed by atoms with Crippen molar-refractivity contribution in [2.45, 2.75) is 11.8 Å². The summed E-state index contributed by atoms with van der Waals surface area (Å²) in [7, 11) is 0. The van der Waals surface area contributed by atoms with Crippen molar-refractivity contribution >= 4 is 29.6 Å². The van der Waals surface area contributed by atoms with E-state index in [9.17, 15) is 9.90 Å². The molecule has 1 aromatic rings. The minimum absolute atomic E-state index is 0.0182. The van der Waals surface area contributed by atoms with E-state index in [0.29, 0.717) is 11.3 Å². The summed E-state index contributed by atoms with van der Waals surface area (Å²) >= 11 is 7.40. The number of thioether (sulfide) groups is 1. The molecule has 70 valence electrons. The van der Waals surface area contributed by atoms with Crippen molar-refractivity contribution in [2.24, 2.45) is 0 Å². The second kappa shape index (κ2) is 4.53. The Morgan fingerprint density at radius 1 is 1.62 bits per heavy atom. The molecule has 0 saturated carbocycles. The Labute approximate surface area is 85.9 Å². The van der Waals surface area contributed by atoms with Crippen LogP contribution < -0.4 is 0 Å². The van der Waals surface area contributed by atoms with Gasteiger partial charge in [0.1, 0.15) is 5.75 Å². The van der Waals surface area contributed by atoms with Crippen LogP contribution in [0.4, 0.5) is 0 Å². The van der Waals surface area contributed by atoms with Gasteiger partial charge in [0, 0.05) is 4.90 Å². The summed E-state index contributed by atoms with van der Waals surface area (Å²) in [6.07, 6.45) is 0.585. The third-order valence-corrected chi connectivity index (χ3v) is 2.87. The van der Waals surface area contributed by atoms with E-state index < -0.39 is 0 Å². The smallest absolute Gasteiger partial charge is 0.153 e. The first-order valence-corrected chi connectivity index (χ1v) is 5.16. The molecule has 1 N–H and O–H groups in total. The van der Waals surface area contributed by atoms with Crippen LogP contribution >= 0.6 is 23.4 Å². The van der Waals surface area contributed by atoms with Crippen LogP contribution in [0.5, 0.6) is 5.75 Å². The Kier molecular flexibility index (Phi) is 3.63. The zero-order valence-electron chi connectivity index (χ0n) is 7.08. The lowest BCUT2D eigenvalue weighted by molar-refractivity contribution is 0.112. The van der Waals surface area contributed by atoms with Gasteiger partial charge in [-0.3, -0.25) is 4.79 Å². The molecule has 0 radical (unpaired) electrons. The van der Waals surface area contributed by atoms with Gasteiger partial charge in [-0.05, 0) is 17.9 Å². The second-order valence-electron chi connectivity index (χ2n) is 2.39. The van der Waals surface area contributed by atoms with Crippen LogP contribution in [0.1, 0.15) is 17.3 Å². The number of benzene rings is 1. The van der Waals surface area contributed by atoms with Gasteiger partial charge >= 0.3 is 0 Å². The lowest BCUT2D eigenvalue weighted by atomic mass is 10.2. The Morgan fingerprint density at radius 3 is 2.85 bits per heavy atom. The van der Waals surface area contributed by atoms with E-state index in [2.05, 4.69) is 0 Å². The molecule has 0 spiro atoms. The van der Waals surface area contributed by atoms with E-state index >= 15 is 0 Å². The number of aldehydes is 1. The van der Waals surface area contributed by atoms with E-state index in [1.807, 2.05) is 6.92 Å². The summed E-state index contributed by atoms with van der Waals surface area (Å²) in [4.78, 5) is 11.2. The Hall–Kier alpha value is -0.670. The van der Waals surface area contributed by atoms with Crippen molar-refractivity contribution in [3.63, 3.8) is 0 Å². The summed E-state index contributed by atoms with van der Waals surface area (Å²) < 4.78 is 0. The zero-order chi connectivity index (χ0) is 9.84. The lowest BCUT2D eigenvalue weighted by Gasteiger charge is -2.04. The van der Waals surface area contributed by atoms with Crippen LogP contribution in [-0.2, 0) is 0 Å². The van der Waals surface area contributed by atoms with Crippen LogP contribution in [0.25, 0.3) is 0 Å². The molecule has 0 amide bonds. The van der Waals surface area contributed by atoms with E-state index in [4.69, 9.17) is 11.6 Å². The fourth-order valence-corrected chi connectivity index (χ4v) is 1.96. The first-order valence-electron chi connectivity index (χ1n) is 3.79. The van der Waals surface area contributed by atoms with E-state index in [1.165, 1.54) is 23.9 Å². The van der Waals surface area contributed by atoms with Gasteiger partial charge in [0.25, 0.3) is 0 Å². The van der Waals surface area contributed by atoms with Crippen molar-refractivity contribution < 1.29 is 9.90 Å². The van der Waals surface area contributed by atoms with E-state index in [-0.39, 0.29) is 11.3 Å². The molecule has 1 rings (SSSR count). The van der Waals surface area contributed by atoms with Crippen LogP contribution in [0, 0.1) is 0 Å². The molecule has 0 heterocycles. The van der Waals surface area contributed by atoms with Crippen LogP contribution in [0.3, 0.4) is 0 Å². The maximum Gasteiger partial charge on any atom is 0.153 e. The minimum Gasteiger partial charge on any atom is -0.507 e. The predicted molar refractivity (Wildman–Crippen MR) is 54.9 cm³/mol. The second-order valence-corrected chi connectivity index (χ2v) is 4.11. The molecule has 0 aliphatic carbocycles. The monoisotopic (exact) mass is 216 g/mol. The number of carbonyl (C=O) groups excluding carboxylic acids is 1. The van der Waals surface area contributed by atoms with Gasteiger partial charge in [-0.15, -0.1) is 11.8 Å². The van der Waals surface area contributed by atoms with E-state index in [0.717, 1.165) is 10.6 Å². The van der Waals surface area contributed by atoms with Crippen LogP contribution in [0.15, 0.2) is 17.0 Å². The lowest BCUT2D eigenvalue weighted by Crippen LogP contribution is -1.84.